The maximum atomic E-state index is 5.66. The molecule has 0 saturated heterocycles. The van der Waals surface area contributed by atoms with Gasteiger partial charge in [0.15, 0.2) is 5.82 Å². The SMILES string of the molecule is CCc1ccc(OC)c(-c2nc(C)nc(N)n2)c1. The van der Waals surface area contributed by atoms with Crippen molar-refractivity contribution in [2.24, 2.45) is 0 Å². The summed E-state index contributed by atoms with van der Waals surface area (Å²) < 4.78 is 5.34. The first-order valence-corrected chi connectivity index (χ1v) is 5.79. The predicted molar refractivity (Wildman–Crippen MR) is 70.3 cm³/mol. The molecule has 0 amide bonds. The number of benzene rings is 1. The number of nitrogen functional groups attached to an aromatic ring is 1. The molecule has 0 aliphatic rings. The smallest absolute Gasteiger partial charge is 0.223 e. The number of ether oxygens (including phenoxy) is 1. The molecule has 0 radical (unpaired) electrons. The molecule has 5 heteroatoms. The van der Waals surface area contributed by atoms with E-state index in [0.717, 1.165) is 17.7 Å². The largest absolute Gasteiger partial charge is 0.496 e. The fourth-order valence-corrected chi connectivity index (χ4v) is 1.77. The van der Waals surface area contributed by atoms with Crippen LogP contribution < -0.4 is 10.5 Å². The lowest BCUT2D eigenvalue weighted by molar-refractivity contribution is 0.416. The molecule has 1 heterocycles. The molecule has 0 saturated carbocycles. The van der Waals surface area contributed by atoms with E-state index in [1.54, 1.807) is 14.0 Å². The zero-order chi connectivity index (χ0) is 13.1. The maximum absolute atomic E-state index is 5.66. The van der Waals surface area contributed by atoms with E-state index >= 15 is 0 Å². The Kier molecular flexibility index (Phi) is 3.41. The minimum absolute atomic E-state index is 0.224. The molecule has 0 aliphatic heterocycles. The maximum Gasteiger partial charge on any atom is 0.223 e. The highest BCUT2D eigenvalue weighted by Gasteiger charge is 2.11. The van der Waals surface area contributed by atoms with E-state index < -0.39 is 0 Å². The minimum Gasteiger partial charge on any atom is -0.496 e. The van der Waals surface area contributed by atoms with E-state index in [-0.39, 0.29) is 5.95 Å². The van der Waals surface area contributed by atoms with Crippen LogP contribution in [0.5, 0.6) is 5.75 Å². The molecule has 0 aliphatic carbocycles. The molecular formula is C13H16N4O. The average Bonchev–Trinajstić information content (AvgIpc) is 2.36. The zero-order valence-corrected chi connectivity index (χ0v) is 10.8. The van der Waals surface area contributed by atoms with E-state index in [1.807, 2.05) is 18.2 Å². The van der Waals surface area contributed by atoms with Crippen LogP contribution >= 0.6 is 0 Å². The molecule has 0 bridgehead atoms. The number of hydrogen-bond acceptors (Lipinski definition) is 5. The lowest BCUT2D eigenvalue weighted by Crippen LogP contribution is -2.03. The van der Waals surface area contributed by atoms with Crippen LogP contribution in [-0.2, 0) is 6.42 Å². The first-order chi connectivity index (χ1) is 8.63. The van der Waals surface area contributed by atoms with Crippen molar-refractivity contribution in [3.8, 4) is 17.1 Å². The topological polar surface area (TPSA) is 73.9 Å². The number of rotatable bonds is 3. The molecule has 2 N–H and O–H groups in total. The van der Waals surface area contributed by atoms with Gasteiger partial charge in [-0.2, -0.15) is 9.97 Å². The van der Waals surface area contributed by atoms with Gasteiger partial charge < -0.3 is 10.5 Å². The fraction of sp³-hybridized carbons (Fsp3) is 0.308. The Morgan fingerprint density at radius 2 is 2.00 bits per heavy atom. The molecular weight excluding hydrogens is 228 g/mol. The van der Waals surface area contributed by atoms with Gasteiger partial charge in [-0.3, -0.25) is 0 Å². The van der Waals surface area contributed by atoms with Crippen molar-refractivity contribution in [3.05, 3.63) is 29.6 Å². The summed E-state index contributed by atoms with van der Waals surface area (Å²) in [5, 5.41) is 0. The molecule has 2 aromatic rings. The molecule has 5 nitrogen and oxygen atoms in total. The van der Waals surface area contributed by atoms with Gasteiger partial charge in [-0.1, -0.05) is 13.0 Å². The number of aromatic nitrogens is 3. The van der Waals surface area contributed by atoms with Gasteiger partial charge in [-0.05, 0) is 31.0 Å². The molecule has 2 rings (SSSR count). The first-order valence-electron chi connectivity index (χ1n) is 5.79. The van der Waals surface area contributed by atoms with Crippen LogP contribution in [0.2, 0.25) is 0 Å². The van der Waals surface area contributed by atoms with Crippen molar-refractivity contribution in [1.82, 2.24) is 15.0 Å². The Morgan fingerprint density at radius 3 is 2.61 bits per heavy atom. The summed E-state index contributed by atoms with van der Waals surface area (Å²) in [5.74, 6) is 2.10. The van der Waals surface area contributed by atoms with E-state index in [2.05, 4.69) is 21.9 Å². The Bertz CT molecular complexity index is 549. The Morgan fingerprint density at radius 1 is 1.22 bits per heavy atom. The third-order valence-electron chi connectivity index (χ3n) is 2.68. The predicted octanol–water partition coefficient (Wildman–Crippen LogP) is 2.00. The number of nitrogens with two attached hydrogens (primary N) is 1. The average molecular weight is 244 g/mol. The summed E-state index contributed by atoms with van der Waals surface area (Å²) in [6.45, 7) is 3.89. The van der Waals surface area contributed by atoms with Crippen molar-refractivity contribution in [2.45, 2.75) is 20.3 Å². The van der Waals surface area contributed by atoms with Gasteiger partial charge in [0.05, 0.1) is 12.7 Å². The lowest BCUT2D eigenvalue weighted by Gasteiger charge is -2.09. The van der Waals surface area contributed by atoms with Crippen LogP contribution in [-0.4, -0.2) is 22.1 Å². The second-order valence-electron chi connectivity index (χ2n) is 3.95. The van der Waals surface area contributed by atoms with E-state index in [1.165, 1.54) is 5.56 Å². The number of methoxy groups -OCH3 is 1. The van der Waals surface area contributed by atoms with Gasteiger partial charge in [-0.25, -0.2) is 4.98 Å². The number of nitrogens with zero attached hydrogens (tertiary/aromatic N) is 3. The summed E-state index contributed by atoms with van der Waals surface area (Å²) in [6, 6.07) is 5.97. The molecule has 0 spiro atoms. The van der Waals surface area contributed by atoms with Crippen LogP contribution in [0.1, 0.15) is 18.3 Å². The summed E-state index contributed by atoms with van der Waals surface area (Å²) in [5.41, 5.74) is 7.69. The van der Waals surface area contributed by atoms with Crippen LogP contribution in [0.3, 0.4) is 0 Å². The van der Waals surface area contributed by atoms with Crippen molar-refractivity contribution in [1.29, 1.82) is 0 Å². The number of anilines is 1. The van der Waals surface area contributed by atoms with E-state index in [0.29, 0.717) is 11.6 Å². The van der Waals surface area contributed by atoms with Gasteiger partial charge in [0.25, 0.3) is 0 Å². The van der Waals surface area contributed by atoms with Gasteiger partial charge >= 0.3 is 0 Å². The van der Waals surface area contributed by atoms with E-state index in [9.17, 15) is 0 Å². The van der Waals surface area contributed by atoms with Crippen LogP contribution in [0.15, 0.2) is 18.2 Å². The molecule has 0 atom stereocenters. The summed E-state index contributed by atoms with van der Waals surface area (Å²) in [6.07, 6.45) is 0.941. The molecule has 0 unspecified atom stereocenters. The third-order valence-corrected chi connectivity index (χ3v) is 2.68. The van der Waals surface area contributed by atoms with Gasteiger partial charge in [0, 0.05) is 0 Å². The Hall–Kier alpha value is -2.17. The van der Waals surface area contributed by atoms with Crippen molar-refractivity contribution in [3.63, 3.8) is 0 Å². The van der Waals surface area contributed by atoms with Crippen molar-refractivity contribution in [2.75, 3.05) is 12.8 Å². The molecule has 94 valence electrons. The van der Waals surface area contributed by atoms with Crippen molar-refractivity contribution < 1.29 is 4.74 Å². The van der Waals surface area contributed by atoms with Crippen LogP contribution in [0, 0.1) is 6.92 Å². The van der Waals surface area contributed by atoms with Gasteiger partial charge in [-0.15, -0.1) is 0 Å². The minimum atomic E-state index is 0.224. The van der Waals surface area contributed by atoms with E-state index in [4.69, 9.17) is 10.5 Å². The summed E-state index contributed by atoms with van der Waals surface area (Å²) in [7, 11) is 1.63. The standard InChI is InChI=1S/C13H16N4O/c1-4-9-5-6-11(18-3)10(7-9)12-15-8(2)16-13(14)17-12/h5-7H,4H2,1-3H3,(H2,14,15,16,17). The number of aryl methyl sites for hydroxylation is 2. The Labute approximate surface area is 106 Å². The van der Waals surface area contributed by atoms with Crippen molar-refractivity contribution >= 4 is 5.95 Å². The highest BCUT2D eigenvalue weighted by atomic mass is 16.5. The molecule has 1 aromatic heterocycles. The second kappa shape index (κ2) is 5.00. The quantitative estimate of drug-likeness (QED) is 0.893. The summed E-state index contributed by atoms with van der Waals surface area (Å²) >= 11 is 0. The Balaban J connectivity index is 2.60. The molecule has 18 heavy (non-hydrogen) atoms. The third kappa shape index (κ3) is 2.40. The number of hydrogen-bond donors (Lipinski definition) is 1. The molecule has 0 fully saturated rings. The fourth-order valence-electron chi connectivity index (χ4n) is 1.77. The highest BCUT2D eigenvalue weighted by Crippen LogP contribution is 2.28. The monoisotopic (exact) mass is 244 g/mol. The van der Waals surface area contributed by atoms with Crippen LogP contribution in [0.4, 0.5) is 5.95 Å². The van der Waals surface area contributed by atoms with Gasteiger partial charge in [0.1, 0.15) is 11.6 Å². The molecule has 1 aromatic carbocycles. The summed E-state index contributed by atoms with van der Waals surface area (Å²) in [4.78, 5) is 12.4. The highest BCUT2D eigenvalue weighted by molar-refractivity contribution is 5.65. The first kappa shape index (κ1) is 12.3. The van der Waals surface area contributed by atoms with Gasteiger partial charge in [0.2, 0.25) is 5.95 Å². The normalized spacial score (nSPS) is 10.4. The second-order valence-corrected chi connectivity index (χ2v) is 3.95. The lowest BCUT2D eigenvalue weighted by atomic mass is 10.1. The van der Waals surface area contributed by atoms with Crippen LogP contribution in [0.25, 0.3) is 11.4 Å². The zero-order valence-electron chi connectivity index (χ0n) is 10.8.